The van der Waals surface area contributed by atoms with Gasteiger partial charge in [0.05, 0.1) is 5.69 Å². The summed E-state index contributed by atoms with van der Waals surface area (Å²) >= 11 is 0. The molecule has 2 aromatic rings. The highest BCUT2D eigenvalue weighted by atomic mass is 16.3. The number of rotatable bonds is 2. The molecule has 0 saturated heterocycles. The van der Waals surface area contributed by atoms with Crippen LogP contribution in [-0.2, 0) is 0 Å². The number of hydrogen-bond donors (Lipinski definition) is 0. The van der Waals surface area contributed by atoms with Gasteiger partial charge in [-0.2, -0.15) is 5.26 Å². The molecular weight excluding hydrogens is 216 g/mol. The Bertz CT molecular complexity index is 636. The summed E-state index contributed by atoms with van der Waals surface area (Å²) in [6, 6.07) is 9.75. The second-order valence-electron chi connectivity index (χ2n) is 3.26. The summed E-state index contributed by atoms with van der Waals surface area (Å²) in [5, 5.41) is 8.65. The minimum absolute atomic E-state index is 0.00169. The summed E-state index contributed by atoms with van der Waals surface area (Å²) in [7, 11) is 0. The van der Waals surface area contributed by atoms with E-state index in [2.05, 4.69) is 4.98 Å². The van der Waals surface area contributed by atoms with E-state index in [1.54, 1.807) is 24.4 Å². The van der Waals surface area contributed by atoms with E-state index in [1.807, 2.05) is 18.2 Å². The van der Waals surface area contributed by atoms with Gasteiger partial charge in [-0.05, 0) is 24.3 Å². The molecule has 0 unspecified atom stereocenters. The second-order valence-corrected chi connectivity index (χ2v) is 3.26. The van der Waals surface area contributed by atoms with E-state index < -0.39 is 0 Å². The molecule has 2 heterocycles. The van der Waals surface area contributed by atoms with E-state index in [0.29, 0.717) is 5.76 Å². The lowest BCUT2D eigenvalue weighted by Crippen LogP contribution is -1.98. The van der Waals surface area contributed by atoms with Crippen molar-refractivity contribution in [3.8, 4) is 6.07 Å². The Hall–Kier alpha value is -2.67. The van der Waals surface area contributed by atoms with Crippen molar-refractivity contribution in [2.45, 2.75) is 0 Å². The molecule has 0 aliphatic heterocycles. The van der Waals surface area contributed by atoms with E-state index in [0.717, 1.165) is 11.8 Å². The Morgan fingerprint density at radius 1 is 1.29 bits per heavy atom. The molecule has 82 valence electrons. The minimum Gasteiger partial charge on any atom is -0.446 e. The molecule has 0 spiro atoms. The van der Waals surface area contributed by atoms with E-state index in [-0.39, 0.29) is 11.2 Å². The zero-order valence-corrected chi connectivity index (χ0v) is 8.83. The Balaban J connectivity index is 2.31. The summed E-state index contributed by atoms with van der Waals surface area (Å²) in [6.07, 6.45) is 4.98. The SMILES string of the molecule is N#Cc1cc(=O)cc(/C=C/c2ccccn2)o1. The van der Waals surface area contributed by atoms with E-state index >= 15 is 0 Å². The molecule has 4 heteroatoms. The lowest BCUT2D eigenvalue weighted by Gasteiger charge is -1.93. The fraction of sp³-hybridized carbons (Fsp3) is 0. The van der Waals surface area contributed by atoms with Gasteiger partial charge in [0, 0.05) is 18.3 Å². The molecule has 0 bridgehead atoms. The van der Waals surface area contributed by atoms with Crippen LogP contribution >= 0.6 is 0 Å². The highest BCUT2D eigenvalue weighted by Crippen LogP contribution is 2.06. The Labute approximate surface area is 97.5 Å². The average Bonchev–Trinajstić information content (AvgIpc) is 2.37. The minimum atomic E-state index is -0.256. The topological polar surface area (TPSA) is 66.9 Å². The number of pyridine rings is 1. The van der Waals surface area contributed by atoms with Gasteiger partial charge in [0.15, 0.2) is 5.43 Å². The standard InChI is InChI=1S/C13H8N2O2/c14-9-13-8-11(16)7-12(17-13)5-4-10-3-1-2-6-15-10/h1-8H/b5-4+. The first-order valence-corrected chi connectivity index (χ1v) is 4.92. The van der Waals surface area contributed by atoms with E-state index in [1.165, 1.54) is 6.07 Å². The first-order valence-electron chi connectivity index (χ1n) is 4.92. The zero-order chi connectivity index (χ0) is 12.1. The van der Waals surface area contributed by atoms with E-state index in [9.17, 15) is 4.79 Å². The third kappa shape index (κ3) is 2.89. The summed E-state index contributed by atoms with van der Waals surface area (Å²) in [5.41, 5.74) is 0.492. The second kappa shape index (κ2) is 4.90. The molecule has 0 saturated carbocycles. The van der Waals surface area contributed by atoms with Crippen LogP contribution < -0.4 is 5.43 Å². The third-order valence-electron chi connectivity index (χ3n) is 2.00. The van der Waals surface area contributed by atoms with Crippen LogP contribution in [0.4, 0.5) is 0 Å². The van der Waals surface area contributed by atoms with Crippen molar-refractivity contribution < 1.29 is 4.42 Å². The molecule has 0 N–H and O–H groups in total. The smallest absolute Gasteiger partial charge is 0.207 e. The van der Waals surface area contributed by atoms with E-state index in [4.69, 9.17) is 9.68 Å². The molecule has 0 amide bonds. The number of aromatic nitrogens is 1. The lowest BCUT2D eigenvalue weighted by molar-refractivity contribution is 0.524. The summed E-state index contributed by atoms with van der Waals surface area (Å²) in [6.45, 7) is 0. The summed E-state index contributed by atoms with van der Waals surface area (Å²) in [4.78, 5) is 15.3. The van der Waals surface area contributed by atoms with Crippen molar-refractivity contribution in [1.82, 2.24) is 4.98 Å². The number of nitrogens with zero attached hydrogens (tertiary/aromatic N) is 2. The fourth-order valence-electron chi connectivity index (χ4n) is 1.28. The predicted octanol–water partition coefficient (Wildman–Crippen LogP) is 2.08. The summed E-state index contributed by atoms with van der Waals surface area (Å²) in [5.74, 6) is 0.331. The Morgan fingerprint density at radius 2 is 2.18 bits per heavy atom. The monoisotopic (exact) mass is 224 g/mol. The van der Waals surface area contributed by atoms with Crippen molar-refractivity contribution >= 4 is 12.2 Å². The van der Waals surface area contributed by atoms with Crippen LogP contribution in [0.3, 0.4) is 0 Å². The van der Waals surface area contributed by atoms with Crippen LogP contribution in [-0.4, -0.2) is 4.98 Å². The Morgan fingerprint density at radius 3 is 2.88 bits per heavy atom. The van der Waals surface area contributed by atoms with Gasteiger partial charge < -0.3 is 4.42 Å². The Kier molecular flexibility index (Phi) is 3.13. The zero-order valence-electron chi connectivity index (χ0n) is 8.83. The van der Waals surface area contributed by atoms with Gasteiger partial charge in [0.1, 0.15) is 11.8 Å². The molecule has 2 aromatic heterocycles. The van der Waals surface area contributed by atoms with Gasteiger partial charge >= 0.3 is 0 Å². The molecule has 0 aliphatic carbocycles. The van der Waals surface area contributed by atoms with Gasteiger partial charge in [-0.1, -0.05) is 6.07 Å². The highest BCUT2D eigenvalue weighted by Gasteiger charge is 1.98. The van der Waals surface area contributed by atoms with Gasteiger partial charge in [0.2, 0.25) is 5.76 Å². The molecule has 0 radical (unpaired) electrons. The van der Waals surface area contributed by atoms with Crippen molar-refractivity contribution in [2.75, 3.05) is 0 Å². The van der Waals surface area contributed by atoms with Crippen LogP contribution in [0.15, 0.2) is 45.7 Å². The molecule has 0 atom stereocenters. The maximum atomic E-state index is 11.2. The maximum Gasteiger partial charge on any atom is 0.207 e. The molecular formula is C13H8N2O2. The number of nitriles is 1. The third-order valence-corrected chi connectivity index (χ3v) is 2.00. The average molecular weight is 224 g/mol. The van der Waals surface area contributed by atoms with Crippen LogP contribution in [0.25, 0.3) is 12.2 Å². The van der Waals surface area contributed by atoms with Gasteiger partial charge in [-0.25, -0.2) is 0 Å². The molecule has 0 fully saturated rings. The predicted molar refractivity (Wildman–Crippen MR) is 62.9 cm³/mol. The summed E-state index contributed by atoms with van der Waals surface area (Å²) < 4.78 is 5.15. The van der Waals surface area contributed by atoms with Crippen LogP contribution in [0.2, 0.25) is 0 Å². The van der Waals surface area contributed by atoms with Gasteiger partial charge in [0.25, 0.3) is 0 Å². The fourth-order valence-corrected chi connectivity index (χ4v) is 1.28. The van der Waals surface area contributed by atoms with Crippen LogP contribution in [0.5, 0.6) is 0 Å². The normalized spacial score (nSPS) is 10.3. The van der Waals surface area contributed by atoms with Crippen LogP contribution in [0.1, 0.15) is 17.2 Å². The first kappa shape index (κ1) is 10.8. The largest absolute Gasteiger partial charge is 0.446 e. The van der Waals surface area contributed by atoms with Crippen molar-refractivity contribution in [3.63, 3.8) is 0 Å². The molecule has 2 rings (SSSR count). The maximum absolute atomic E-state index is 11.2. The molecule has 4 nitrogen and oxygen atoms in total. The van der Waals surface area contributed by atoms with Crippen LogP contribution in [0, 0.1) is 11.3 Å². The number of hydrogen-bond acceptors (Lipinski definition) is 4. The van der Waals surface area contributed by atoms with Gasteiger partial charge in [-0.3, -0.25) is 9.78 Å². The van der Waals surface area contributed by atoms with Gasteiger partial charge in [-0.15, -0.1) is 0 Å². The first-order chi connectivity index (χ1) is 8.28. The van der Waals surface area contributed by atoms with Crippen molar-refractivity contribution in [3.05, 3.63) is 64.0 Å². The molecule has 0 aromatic carbocycles. The van der Waals surface area contributed by atoms with Crippen molar-refractivity contribution in [1.29, 1.82) is 5.26 Å². The highest BCUT2D eigenvalue weighted by molar-refractivity contribution is 5.65. The quantitative estimate of drug-likeness (QED) is 0.783. The van der Waals surface area contributed by atoms with Crippen molar-refractivity contribution in [2.24, 2.45) is 0 Å². The molecule has 0 aliphatic rings. The lowest BCUT2D eigenvalue weighted by atomic mass is 10.3. The molecule has 17 heavy (non-hydrogen) atoms.